The normalized spacial score (nSPS) is 27.3. The Morgan fingerprint density at radius 1 is 0.381 bits per heavy atom. The highest BCUT2D eigenvalue weighted by Gasteiger charge is 2.53. The zero-order valence-corrected chi connectivity index (χ0v) is 60.0. The average molecular weight is 1380 g/mol. The zero-order chi connectivity index (χ0) is 70.4. The Morgan fingerprint density at radius 3 is 1.11 bits per heavy atom. The number of unbranched alkanes of at least 4 members (excludes halogenated alkanes) is 34. The number of aliphatic hydroxyl groups excluding tert-OH is 11. The third-order valence-electron chi connectivity index (χ3n) is 19.0. The maximum Gasteiger partial charge on any atom is 0.220 e. The van der Waals surface area contributed by atoms with Crippen LogP contribution in [0.15, 0.2) is 72.9 Å². The summed E-state index contributed by atoms with van der Waals surface area (Å²) in [5.41, 5.74) is 0. The minimum atomic E-state index is -1.98. The molecule has 0 saturated carbocycles. The minimum absolute atomic E-state index is 0.233. The van der Waals surface area contributed by atoms with Gasteiger partial charge in [-0.2, -0.15) is 0 Å². The van der Waals surface area contributed by atoms with Gasteiger partial charge < -0.3 is 89.9 Å². The molecule has 0 bridgehead atoms. The number of ether oxygens (including phenoxy) is 6. The van der Waals surface area contributed by atoms with Crippen molar-refractivity contribution in [1.82, 2.24) is 5.32 Å². The second kappa shape index (κ2) is 58.7. The molecule has 0 aromatic carbocycles. The Morgan fingerprint density at radius 2 is 0.711 bits per heavy atom. The van der Waals surface area contributed by atoms with Gasteiger partial charge in [0.05, 0.1) is 38.6 Å². The number of nitrogens with one attached hydrogen (secondary N) is 1. The first-order valence-electron chi connectivity index (χ1n) is 38.7. The van der Waals surface area contributed by atoms with Gasteiger partial charge in [0, 0.05) is 6.42 Å². The van der Waals surface area contributed by atoms with E-state index in [9.17, 15) is 61.0 Å². The molecule has 3 fully saturated rings. The summed E-state index contributed by atoms with van der Waals surface area (Å²) in [5, 5.41) is 121. The Hall–Kier alpha value is -2.77. The molecule has 0 aliphatic carbocycles. The monoisotopic (exact) mass is 1380 g/mol. The number of hydrogen-bond donors (Lipinski definition) is 12. The third-order valence-corrected chi connectivity index (χ3v) is 19.0. The number of amides is 1. The van der Waals surface area contributed by atoms with Crippen LogP contribution in [-0.4, -0.2) is 193 Å². The van der Waals surface area contributed by atoms with E-state index in [1.165, 1.54) is 167 Å². The van der Waals surface area contributed by atoms with Crippen LogP contribution in [0.3, 0.4) is 0 Å². The van der Waals surface area contributed by atoms with E-state index in [1.54, 1.807) is 6.08 Å². The molecule has 3 rings (SSSR count). The second-order valence-corrected chi connectivity index (χ2v) is 27.4. The van der Waals surface area contributed by atoms with E-state index in [1.807, 2.05) is 6.08 Å². The summed E-state index contributed by atoms with van der Waals surface area (Å²) in [4.78, 5) is 13.5. The van der Waals surface area contributed by atoms with Crippen molar-refractivity contribution in [3.05, 3.63) is 72.9 Å². The van der Waals surface area contributed by atoms with Crippen LogP contribution >= 0.6 is 0 Å². The molecule has 17 unspecified atom stereocenters. The van der Waals surface area contributed by atoms with Gasteiger partial charge in [0.2, 0.25) is 5.91 Å². The number of allylic oxidation sites excluding steroid dienone is 11. The van der Waals surface area contributed by atoms with Gasteiger partial charge in [-0.25, -0.2) is 0 Å². The maximum absolute atomic E-state index is 13.5. The first-order valence-corrected chi connectivity index (χ1v) is 38.7. The molecule has 3 saturated heterocycles. The van der Waals surface area contributed by atoms with Gasteiger partial charge in [-0.3, -0.25) is 4.79 Å². The van der Waals surface area contributed by atoms with E-state index in [4.69, 9.17) is 28.4 Å². The largest absolute Gasteiger partial charge is 0.394 e. The molecule has 3 aliphatic rings. The molecular formula is C78H139NO18. The number of carbonyl (C=O) groups is 1. The number of carbonyl (C=O) groups excluding carboxylic acids is 1. The van der Waals surface area contributed by atoms with Crippen LogP contribution in [0.25, 0.3) is 0 Å². The predicted molar refractivity (Wildman–Crippen MR) is 383 cm³/mol. The van der Waals surface area contributed by atoms with Crippen LogP contribution in [0, 0.1) is 0 Å². The van der Waals surface area contributed by atoms with Crippen molar-refractivity contribution < 1.29 is 89.4 Å². The third kappa shape index (κ3) is 39.5. The smallest absolute Gasteiger partial charge is 0.220 e. The van der Waals surface area contributed by atoms with Gasteiger partial charge in [-0.15, -0.1) is 0 Å². The van der Waals surface area contributed by atoms with E-state index >= 15 is 0 Å². The fourth-order valence-electron chi connectivity index (χ4n) is 12.8. The second-order valence-electron chi connectivity index (χ2n) is 27.4. The maximum atomic E-state index is 13.5. The first kappa shape index (κ1) is 88.4. The topological polar surface area (TPSA) is 307 Å². The van der Waals surface area contributed by atoms with Crippen LogP contribution in [0.5, 0.6) is 0 Å². The van der Waals surface area contributed by atoms with Crippen LogP contribution < -0.4 is 5.32 Å². The molecule has 564 valence electrons. The highest BCUT2D eigenvalue weighted by Crippen LogP contribution is 2.33. The highest BCUT2D eigenvalue weighted by atomic mass is 16.8. The van der Waals surface area contributed by atoms with Gasteiger partial charge in [0.25, 0.3) is 0 Å². The summed E-state index contributed by atoms with van der Waals surface area (Å²) >= 11 is 0. The lowest BCUT2D eigenvalue weighted by atomic mass is 9.96. The Labute approximate surface area is 585 Å². The molecule has 0 spiro atoms. The molecule has 3 aliphatic heterocycles. The summed E-state index contributed by atoms with van der Waals surface area (Å²) < 4.78 is 34.4. The van der Waals surface area contributed by atoms with Crippen molar-refractivity contribution in [2.45, 2.75) is 388 Å². The molecule has 0 aromatic rings. The van der Waals surface area contributed by atoms with E-state index < -0.39 is 124 Å². The van der Waals surface area contributed by atoms with Gasteiger partial charge in [0.1, 0.15) is 73.2 Å². The standard InChI is InChI=1S/C78H139NO18/c1-3-5-7-9-11-13-15-17-19-21-23-25-27-29-30-32-33-35-37-39-41-43-45-47-49-51-53-55-62(83)61(79-66(84)56-54-52-50-48-46-44-42-40-38-36-34-31-28-26-24-22-20-18-16-14-12-10-8-6-4-2)60-92-76-72(90)69(87)74(64(58-81)94-76)97-78-73(91)70(88)75(65(59-82)95-78)96-77-71(89)68(86)67(85)63(57-80)93-77/h6,8,12,14,18,20,24,26,31,34,53,55,61-65,67-78,80-83,85-91H,3-5,7,9-11,13,15-17,19,21-23,25,27-30,32-33,35-52,54,56-60H2,1-2H3,(H,79,84)/b8-6-,14-12-,20-18-,26-24-,34-31-,55-53+. The highest BCUT2D eigenvalue weighted by molar-refractivity contribution is 5.76. The summed E-state index contributed by atoms with van der Waals surface area (Å²) in [7, 11) is 0. The van der Waals surface area contributed by atoms with Crippen molar-refractivity contribution in [2.24, 2.45) is 0 Å². The lowest BCUT2D eigenvalue weighted by Gasteiger charge is -2.48. The number of hydrogen-bond acceptors (Lipinski definition) is 18. The zero-order valence-electron chi connectivity index (χ0n) is 60.0. The molecule has 17 atom stereocenters. The fourth-order valence-corrected chi connectivity index (χ4v) is 12.8. The van der Waals surface area contributed by atoms with Gasteiger partial charge in [0.15, 0.2) is 18.9 Å². The van der Waals surface area contributed by atoms with Gasteiger partial charge >= 0.3 is 0 Å². The van der Waals surface area contributed by atoms with Crippen LogP contribution in [0.2, 0.25) is 0 Å². The fraction of sp³-hybridized carbons (Fsp3) is 0.833. The van der Waals surface area contributed by atoms with Crippen LogP contribution in [-0.2, 0) is 33.2 Å². The van der Waals surface area contributed by atoms with E-state index in [0.717, 1.165) is 89.9 Å². The van der Waals surface area contributed by atoms with Gasteiger partial charge in [-0.05, 0) is 64.2 Å². The molecule has 0 aromatic heterocycles. The van der Waals surface area contributed by atoms with Crippen molar-refractivity contribution in [3.63, 3.8) is 0 Å². The molecule has 12 N–H and O–H groups in total. The van der Waals surface area contributed by atoms with Gasteiger partial charge in [-0.1, -0.05) is 286 Å². The molecule has 0 radical (unpaired) electrons. The van der Waals surface area contributed by atoms with Crippen molar-refractivity contribution in [2.75, 3.05) is 26.4 Å². The Balaban J connectivity index is 1.41. The minimum Gasteiger partial charge on any atom is -0.394 e. The number of aliphatic hydroxyl groups is 11. The SMILES string of the molecule is CC/C=C\C/C=C\C/C=C\C/C=C\C/C=C\CCCCCCCCCCCC(=O)NC(COC1OC(CO)C(OC2OC(CO)C(OC3OC(CO)C(O)C(O)C3O)C(O)C2O)C(O)C1O)C(O)/C=C/CCCCCCCCCCCCCCCCCCCCCCCCCCC. The van der Waals surface area contributed by atoms with E-state index in [2.05, 4.69) is 79.9 Å². The number of rotatable bonds is 60. The molecular weight excluding hydrogens is 1240 g/mol. The quantitative estimate of drug-likeness (QED) is 0.0199. The summed E-state index contributed by atoms with van der Waals surface area (Å²) in [6.07, 6.45) is 48.7. The molecule has 1 amide bonds. The Bertz CT molecular complexity index is 2040. The molecule has 3 heterocycles. The predicted octanol–water partition coefficient (Wildman–Crippen LogP) is 12.1. The molecule has 97 heavy (non-hydrogen) atoms. The summed E-state index contributed by atoms with van der Waals surface area (Å²) in [6, 6.07) is -0.982. The van der Waals surface area contributed by atoms with Crippen LogP contribution in [0.4, 0.5) is 0 Å². The van der Waals surface area contributed by atoms with Crippen molar-refractivity contribution in [1.29, 1.82) is 0 Å². The summed E-state index contributed by atoms with van der Waals surface area (Å²) in [6.45, 7) is 1.64. The molecule has 19 heteroatoms. The average Bonchev–Trinajstić information content (AvgIpc) is 0.797. The van der Waals surface area contributed by atoms with Crippen LogP contribution in [0.1, 0.15) is 284 Å². The van der Waals surface area contributed by atoms with E-state index in [0.29, 0.717) is 6.42 Å². The van der Waals surface area contributed by atoms with E-state index in [-0.39, 0.29) is 18.9 Å². The summed E-state index contributed by atoms with van der Waals surface area (Å²) in [5.74, 6) is -0.282. The lowest BCUT2D eigenvalue weighted by Crippen LogP contribution is -2.66. The van der Waals surface area contributed by atoms with Crippen molar-refractivity contribution >= 4 is 5.91 Å². The van der Waals surface area contributed by atoms with Crippen molar-refractivity contribution in [3.8, 4) is 0 Å². The Kier molecular flexibility index (Phi) is 53.5. The first-order chi connectivity index (χ1) is 47.3. The lowest BCUT2D eigenvalue weighted by molar-refractivity contribution is -0.379. The molecule has 19 nitrogen and oxygen atoms in total.